The van der Waals surface area contributed by atoms with Crippen molar-refractivity contribution in [3.05, 3.63) is 65.2 Å². The summed E-state index contributed by atoms with van der Waals surface area (Å²) in [5.41, 5.74) is 1.17. The van der Waals surface area contributed by atoms with E-state index in [0.717, 1.165) is 4.31 Å². The van der Waals surface area contributed by atoms with Gasteiger partial charge in [-0.05, 0) is 42.7 Å². The molecular formula is C20H14F2N2O3S. The molecule has 0 atom stereocenters. The summed E-state index contributed by atoms with van der Waals surface area (Å²) in [6.07, 6.45) is 0.856. The molecule has 3 aromatic carbocycles. The summed E-state index contributed by atoms with van der Waals surface area (Å²) < 4.78 is 56.1. The van der Waals surface area contributed by atoms with Crippen LogP contribution >= 0.6 is 0 Å². The molecule has 1 N–H and O–H groups in total. The summed E-state index contributed by atoms with van der Waals surface area (Å²) >= 11 is 0. The van der Waals surface area contributed by atoms with Gasteiger partial charge in [-0.25, -0.2) is 17.2 Å². The number of hydrogen-bond acceptors (Lipinski definition) is 3. The molecular weight excluding hydrogens is 386 g/mol. The van der Waals surface area contributed by atoms with Crippen molar-refractivity contribution in [3.8, 4) is 0 Å². The lowest BCUT2D eigenvalue weighted by Gasteiger charge is -2.31. The maximum atomic E-state index is 14.5. The molecule has 5 nitrogen and oxygen atoms in total. The van der Waals surface area contributed by atoms with Crippen LogP contribution in [-0.2, 0) is 16.4 Å². The summed E-state index contributed by atoms with van der Waals surface area (Å²) in [5, 5.41) is 3.64. The van der Waals surface area contributed by atoms with Crippen LogP contribution in [0, 0.1) is 11.6 Å². The van der Waals surface area contributed by atoms with Gasteiger partial charge in [-0.2, -0.15) is 0 Å². The van der Waals surface area contributed by atoms with Crippen LogP contribution in [0.3, 0.4) is 0 Å². The minimum Gasteiger partial charge on any atom is -0.321 e. The van der Waals surface area contributed by atoms with E-state index in [9.17, 15) is 22.0 Å². The molecule has 142 valence electrons. The highest BCUT2D eigenvalue weighted by molar-refractivity contribution is 7.93. The lowest BCUT2D eigenvalue weighted by Crippen LogP contribution is -2.36. The number of aryl methyl sites for hydroxylation is 1. The van der Waals surface area contributed by atoms with E-state index in [0.29, 0.717) is 46.5 Å². The normalized spacial score (nSPS) is 15.6. The molecule has 8 heteroatoms. The van der Waals surface area contributed by atoms with Gasteiger partial charge < -0.3 is 5.32 Å². The molecule has 0 bridgehead atoms. The van der Waals surface area contributed by atoms with Crippen molar-refractivity contribution in [2.24, 2.45) is 0 Å². The molecule has 0 radical (unpaired) electrons. The van der Waals surface area contributed by atoms with Gasteiger partial charge in [-0.1, -0.05) is 12.1 Å². The van der Waals surface area contributed by atoms with Gasteiger partial charge in [0.05, 0.1) is 10.6 Å². The van der Waals surface area contributed by atoms with Gasteiger partial charge in [-0.15, -0.1) is 0 Å². The molecule has 3 aromatic rings. The molecule has 0 aliphatic carbocycles. The van der Waals surface area contributed by atoms with E-state index >= 15 is 0 Å². The Morgan fingerprint density at radius 3 is 2.71 bits per heavy atom. The van der Waals surface area contributed by atoms with Crippen molar-refractivity contribution < 1.29 is 22.0 Å². The molecule has 2 heterocycles. The van der Waals surface area contributed by atoms with Crippen molar-refractivity contribution >= 4 is 38.1 Å². The van der Waals surface area contributed by atoms with Gasteiger partial charge >= 0.3 is 0 Å². The molecule has 0 spiro atoms. The van der Waals surface area contributed by atoms with Gasteiger partial charge in [0.1, 0.15) is 5.82 Å². The van der Waals surface area contributed by atoms with Crippen LogP contribution in [0.15, 0.2) is 47.4 Å². The van der Waals surface area contributed by atoms with Crippen LogP contribution in [0.2, 0.25) is 0 Å². The first-order valence-electron chi connectivity index (χ1n) is 8.75. The van der Waals surface area contributed by atoms with Crippen LogP contribution in [-0.4, -0.2) is 20.9 Å². The Bertz CT molecular complexity index is 1290. The number of rotatable bonds is 2. The molecule has 2 aliphatic rings. The minimum absolute atomic E-state index is 0.0128. The first-order valence-corrected chi connectivity index (χ1v) is 10.2. The Kier molecular flexibility index (Phi) is 3.51. The van der Waals surface area contributed by atoms with E-state index in [1.165, 1.54) is 18.2 Å². The van der Waals surface area contributed by atoms with Gasteiger partial charge in [0, 0.05) is 34.6 Å². The molecule has 1 amide bonds. The predicted molar refractivity (Wildman–Crippen MR) is 101 cm³/mol. The number of anilines is 2. The number of carbonyl (C=O) groups excluding carboxylic acids is 1. The van der Waals surface area contributed by atoms with Crippen LogP contribution in [0.25, 0.3) is 10.8 Å². The standard InChI is InChI=1S/C20H14F2N2O3S/c21-12-9-11-3-2-8-24(19(11)15(22)10-12)28(26,27)17-7-6-16-18-13(17)4-1-5-14(18)20(25)23-16/h1,4-7,9-10H,2-3,8H2,(H,23,25). The fourth-order valence-electron chi connectivity index (χ4n) is 4.06. The molecule has 0 unspecified atom stereocenters. The zero-order valence-electron chi connectivity index (χ0n) is 14.5. The second-order valence-corrected chi connectivity index (χ2v) is 8.70. The van der Waals surface area contributed by atoms with Crippen LogP contribution in [0.1, 0.15) is 22.3 Å². The molecule has 0 saturated carbocycles. The largest absolute Gasteiger partial charge is 0.321 e. The van der Waals surface area contributed by atoms with Crippen LogP contribution < -0.4 is 9.62 Å². The zero-order valence-corrected chi connectivity index (χ0v) is 15.3. The van der Waals surface area contributed by atoms with Crippen molar-refractivity contribution in [1.82, 2.24) is 0 Å². The number of fused-ring (bicyclic) bond motifs is 1. The van der Waals surface area contributed by atoms with Gasteiger partial charge in [0.15, 0.2) is 5.82 Å². The van der Waals surface area contributed by atoms with Crippen LogP contribution in [0.5, 0.6) is 0 Å². The summed E-state index contributed by atoms with van der Waals surface area (Å²) in [6.45, 7) is 0.0952. The quantitative estimate of drug-likeness (QED) is 0.711. The highest BCUT2D eigenvalue weighted by atomic mass is 32.2. The molecule has 5 rings (SSSR count). The summed E-state index contributed by atoms with van der Waals surface area (Å²) in [6, 6.07) is 9.70. The third-order valence-corrected chi connectivity index (χ3v) is 7.08. The topological polar surface area (TPSA) is 66.5 Å². The van der Waals surface area contributed by atoms with E-state index in [4.69, 9.17) is 0 Å². The number of nitrogens with zero attached hydrogens (tertiary/aromatic N) is 1. The number of benzene rings is 3. The number of amides is 1. The van der Waals surface area contributed by atoms with Gasteiger partial charge in [0.2, 0.25) is 0 Å². The predicted octanol–water partition coefficient (Wildman–Crippen LogP) is 3.83. The van der Waals surface area contributed by atoms with E-state index in [1.807, 2.05) is 0 Å². The summed E-state index contributed by atoms with van der Waals surface area (Å²) in [5.74, 6) is -1.92. The van der Waals surface area contributed by atoms with E-state index in [2.05, 4.69) is 5.32 Å². The first-order chi connectivity index (χ1) is 13.4. The summed E-state index contributed by atoms with van der Waals surface area (Å²) in [7, 11) is -4.13. The first kappa shape index (κ1) is 17.1. The minimum atomic E-state index is -4.13. The third-order valence-electron chi connectivity index (χ3n) is 5.23. The SMILES string of the molecule is O=C1Nc2ccc(S(=O)(=O)N3CCCc4cc(F)cc(F)c43)c3cccc1c23. The molecule has 0 aromatic heterocycles. The highest BCUT2D eigenvalue weighted by Gasteiger charge is 2.34. The lowest BCUT2D eigenvalue weighted by molar-refractivity contribution is 0.103. The Morgan fingerprint density at radius 1 is 1.07 bits per heavy atom. The number of halogens is 2. The highest BCUT2D eigenvalue weighted by Crippen LogP contribution is 2.40. The van der Waals surface area contributed by atoms with Gasteiger partial charge in [0.25, 0.3) is 15.9 Å². The van der Waals surface area contributed by atoms with Crippen molar-refractivity contribution in [2.75, 3.05) is 16.2 Å². The molecule has 0 saturated heterocycles. The van der Waals surface area contributed by atoms with E-state index in [1.54, 1.807) is 18.2 Å². The van der Waals surface area contributed by atoms with Crippen molar-refractivity contribution in [2.45, 2.75) is 17.7 Å². The van der Waals surface area contributed by atoms with E-state index in [-0.39, 0.29) is 23.0 Å². The van der Waals surface area contributed by atoms with Crippen LogP contribution in [0.4, 0.5) is 20.2 Å². The maximum Gasteiger partial charge on any atom is 0.265 e. The average molecular weight is 400 g/mol. The number of nitrogens with one attached hydrogen (secondary N) is 1. The number of hydrogen-bond donors (Lipinski definition) is 1. The second kappa shape index (κ2) is 5.75. The number of sulfonamides is 1. The molecule has 28 heavy (non-hydrogen) atoms. The lowest BCUT2D eigenvalue weighted by atomic mass is 10.0. The Hall–Kier alpha value is -3.00. The Morgan fingerprint density at radius 2 is 1.89 bits per heavy atom. The average Bonchev–Trinajstić information content (AvgIpc) is 2.98. The Labute approximate surface area is 159 Å². The van der Waals surface area contributed by atoms with E-state index < -0.39 is 21.7 Å². The van der Waals surface area contributed by atoms with Gasteiger partial charge in [-0.3, -0.25) is 9.10 Å². The zero-order chi connectivity index (χ0) is 19.6. The fourth-order valence-corrected chi connectivity index (χ4v) is 5.80. The van der Waals surface area contributed by atoms with Crippen molar-refractivity contribution in [1.29, 1.82) is 0 Å². The molecule has 0 fully saturated rings. The Balaban J connectivity index is 1.75. The smallest absolute Gasteiger partial charge is 0.265 e. The maximum absolute atomic E-state index is 14.5. The number of carbonyl (C=O) groups is 1. The van der Waals surface area contributed by atoms with Crippen molar-refractivity contribution in [3.63, 3.8) is 0 Å². The third kappa shape index (κ3) is 2.27. The summed E-state index contributed by atoms with van der Waals surface area (Å²) in [4.78, 5) is 12.1. The fraction of sp³-hybridized carbons (Fsp3) is 0.150. The molecule has 2 aliphatic heterocycles. The second-order valence-electron chi connectivity index (χ2n) is 6.87. The monoisotopic (exact) mass is 400 g/mol.